The van der Waals surface area contributed by atoms with Crippen LogP contribution in [0.2, 0.25) is 0 Å². The number of hydrogen-bond donors (Lipinski definition) is 1. The monoisotopic (exact) mass is 430 g/mol. The van der Waals surface area contributed by atoms with Gasteiger partial charge in [0.1, 0.15) is 0 Å². The molecule has 0 spiro atoms. The van der Waals surface area contributed by atoms with Crippen LogP contribution in [0.5, 0.6) is 0 Å². The van der Waals surface area contributed by atoms with E-state index in [0.717, 1.165) is 25.2 Å². The molecule has 0 saturated carbocycles. The lowest BCUT2D eigenvalue weighted by atomic mass is 10.1. The molecule has 0 radical (unpaired) electrons. The van der Waals surface area contributed by atoms with E-state index >= 15 is 0 Å². The molecule has 1 aliphatic heterocycles. The Morgan fingerprint density at radius 3 is 2.81 bits per heavy atom. The molecule has 0 unspecified atom stereocenters. The van der Waals surface area contributed by atoms with Crippen LogP contribution in [-0.2, 0) is 11.3 Å². The van der Waals surface area contributed by atoms with Gasteiger partial charge in [0, 0.05) is 32.5 Å². The van der Waals surface area contributed by atoms with Gasteiger partial charge in [0.25, 0.3) is 0 Å². The molecule has 4 aromatic rings. The molecule has 1 saturated heterocycles. The van der Waals surface area contributed by atoms with E-state index in [9.17, 15) is 4.79 Å². The van der Waals surface area contributed by atoms with Crippen LogP contribution in [0.4, 0.5) is 11.6 Å². The standard InChI is InChI=1S/C21H22N10O/c1-3-30-12-14(11-23-30)24-21-22-9-7-17(26-21)16-5-4-6-19(25-16)31-13-18(27-28-31)15-8-10-29(2)20(15)32/h4-7,9,11-13,15H,3,8,10H2,1-2H3,(H,22,24,26)/t15-/m0/s1. The minimum atomic E-state index is -0.246. The van der Waals surface area contributed by atoms with Gasteiger partial charge in [-0.15, -0.1) is 5.10 Å². The smallest absolute Gasteiger partial charge is 0.231 e. The molecule has 162 valence electrons. The normalized spacial score (nSPS) is 16.0. The summed E-state index contributed by atoms with van der Waals surface area (Å²) in [5.74, 6) is 0.878. The molecule has 0 aromatic carbocycles. The van der Waals surface area contributed by atoms with Gasteiger partial charge in [0.2, 0.25) is 11.9 Å². The molecule has 1 aliphatic rings. The second-order valence-corrected chi connectivity index (χ2v) is 7.55. The van der Waals surface area contributed by atoms with Crippen LogP contribution in [0.25, 0.3) is 17.2 Å². The molecule has 5 rings (SSSR count). The van der Waals surface area contributed by atoms with Crippen molar-refractivity contribution < 1.29 is 4.79 Å². The summed E-state index contributed by atoms with van der Waals surface area (Å²) < 4.78 is 3.41. The van der Waals surface area contributed by atoms with Crippen molar-refractivity contribution >= 4 is 17.5 Å². The second-order valence-electron chi connectivity index (χ2n) is 7.55. The van der Waals surface area contributed by atoms with E-state index < -0.39 is 0 Å². The molecule has 5 heterocycles. The highest BCUT2D eigenvalue weighted by Gasteiger charge is 2.32. The molecule has 32 heavy (non-hydrogen) atoms. The zero-order valence-corrected chi connectivity index (χ0v) is 17.8. The van der Waals surface area contributed by atoms with Crippen LogP contribution in [0.3, 0.4) is 0 Å². The van der Waals surface area contributed by atoms with E-state index in [4.69, 9.17) is 0 Å². The zero-order chi connectivity index (χ0) is 22.1. The third-order valence-electron chi connectivity index (χ3n) is 5.40. The maximum atomic E-state index is 12.3. The summed E-state index contributed by atoms with van der Waals surface area (Å²) in [6.07, 6.45) is 7.82. The van der Waals surface area contributed by atoms with Crippen LogP contribution in [0.15, 0.2) is 49.1 Å². The summed E-state index contributed by atoms with van der Waals surface area (Å²) >= 11 is 0. The number of aromatic nitrogens is 8. The number of amides is 1. The van der Waals surface area contributed by atoms with Gasteiger partial charge in [-0.25, -0.2) is 19.6 Å². The average molecular weight is 430 g/mol. The Bertz CT molecular complexity index is 1260. The molecular weight excluding hydrogens is 408 g/mol. The Hall–Kier alpha value is -4.15. The lowest BCUT2D eigenvalue weighted by Crippen LogP contribution is -2.21. The van der Waals surface area contributed by atoms with Crippen molar-refractivity contribution in [2.24, 2.45) is 0 Å². The molecule has 0 bridgehead atoms. The predicted octanol–water partition coefficient (Wildman–Crippen LogP) is 2.02. The maximum absolute atomic E-state index is 12.3. The van der Waals surface area contributed by atoms with Crippen molar-refractivity contribution in [3.8, 4) is 17.2 Å². The summed E-state index contributed by atoms with van der Waals surface area (Å²) in [4.78, 5) is 27.5. The van der Waals surface area contributed by atoms with E-state index in [1.54, 1.807) is 41.3 Å². The Morgan fingerprint density at radius 1 is 1.16 bits per heavy atom. The van der Waals surface area contributed by atoms with Crippen LogP contribution in [-0.4, -0.2) is 64.1 Å². The lowest BCUT2D eigenvalue weighted by molar-refractivity contribution is -0.127. The number of likely N-dealkylation sites (tertiary alicyclic amines) is 1. The van der Waals surface area contributed by atoms with Crippen LogP contribution < -0.4 is 5.32 Å². The summed E-state index contributed by atoms with van der Waals surface area (Å²) in [5.41, 5.74) is 2.81. The fourth-order valence-electron chi connectivity index (χ4n) is 3.63. The molecule has 1 amide bonds. The second kappa shape index (κ2) is 8.17. The quantitative estimate of drug-likeness (QED) is 0.493. The van der Waals surface area contributed by atoms with Gasteiger partial charge < -0.3 is 10.2 Å². The van der Waals surface area contributed by atoms with Gasteiger partial charge in [0.15, 0.2) is 5.82 Å². The molecule has 1 atom stereocenters. The van der Waals surface area contributed by atoms with Gasteiger partial charge in [-0.1, -0.05) is 11.3 Å². The molecule has 11 nitrogen and oxygen atoms in total. The highest BCUT2D eigenvalue weighted by Crippen LogP contribution is 2.26. The maximum Gasteiger partial charge on any atom is 0.231 e. The number of rotatable bonds is 6. The van der Waals surface area contributed by atoms with Gasteiger partial charge in [0.05, 0.1) is 41.1 Å². The Kier molecular flexibility index (Phi) is 5.06. The first-order valence-electron chi connectivity index (χ1n) is 10.4. The number of carbonyl (C=O) groups excluding carboxylic acids is 1. The van der Waals surface area contributed by atoms with Crippen molar-refractivity contribution in [1.29, 1.82) is 0 Å². The van der Waals surface area contributed by atoms with Crippen LogP contribution in [0, 0.1) is 0 Å². The van der Waals surface area contributed by atoms with Crippen molar-refractivity contribution in [1.82, 2.24) is 44.6 Å². The number of nitrogens with zero attached hydrogens (tertiary/aromatic N) is 9. The van der Waals surface area contributed by atoms with E-state index in [1.807, 2.05) is 36.0 Å². The molecule has 1 fully saturated rings. The van der Waals surface area contributed by atoms with Crippen LogP contribution >= 0.6 is 0 Å². The summed E-state index contributed by atoms with van der Waals surface area (Å²) in [6.45, 7) is 3.54. The lowest BCUT2D eigenvalue weighted by Gasteiger charge is -2.07. The first kappa shape index (κ1) is 19.8. The number of anilines is 2. The minimum Gasteiger partial charge on any atom is -0.345 e. The Morgan fingerprint density at radius 2 is 2.03 bits per heavy atom. The van der Waals surface area contributed by atoms with E-state index in [0.29, 0.717) is 28.8 Å². The van der Waals surface area contributed by atoms with Gasteiger partial charge in [-0.3, -0.25) is 9.48 Å². The van der Waals surface area contributed by atoms with Crippen molar-refractivity contribution in [2.75, 3.05) is 18.9 Å². The van der Waals surface area contributed by atoms with Gasteiger partial charge in [-0.05, 0) is 31.5 Å². The van der Waals surface area contributed by atoms with Crippen LogP contribution in [0.1, 0.15) is 25.0 Å². The number of pyridine rings is 1. The summed E-state index contributed by atoms with van der Waals surface area (Å²) in [5, 5.41) is 15.8. The van der Waals surface area contributed by atoms with Crippen molar-refractivity contribution in [2.45, 2.75) is 25.8 Å². The van der Waals surface area contributed by atoms with Gasteiger partial charge in [-0.2, -0.15) is 5.10 Å². The summed E-state index contributed by atoms with van der Waals surface area (Å²) in [6, 6.07) is 7.39. The van der Waals surface area contributed by atoms with E-state index in [1.165, 1.54) is 0 Å². The molecule has 1 N–H and O–H groups in total. The zero-order valence-electron chi connectivity index (χ0n) is 17.8. The van der Waals surface area contributed by atoms with Crippen molar-refractivity contribution in [3.63, 3.8) is 0 Å². The molecular formula is C21H22N10O. The fraction of sp³-hybridized carbons (Fsp3) is 0.286. The third kappa shape index (κ3) is 3.80. The number of aryl methyl sites for hydroxylation is 1. The first-order chi connectivity index (χ1) is 15.6. The minimum absolute atomic E-state index is 0.0734. The predicted molar refractivity (Wildman–Crippen MR) is 116 cm³/mol. The highest BCUT2D eigenvalue weighted by molar-refractivity contribution is 5.84. The number of hydrogen-bond acceptors (Lipinski definition) is 8. The Labute approximate surface area is 184 Å². The molecule has 11 heteroatoms. The van der Waals surface area contributed by atoms with Gasteiger partial charge >= 0.3 is 0 Å². The SMILES string of the molecule is CCn1cc(Nc2nccc(-c3cccc(-n4cc([C@@H]5CCN(C)C5=O)nn4)n3)n2)cn1. The number of nitrogens with one attached hydrogen (secondary N) is 1. The summed E-state index contributed by atoms with van der Waals surface area (Å²) in [7, 11) is 1.80. The molecule has 4 aromatic heterocycles. The van der Waals surface area contributed by atoms with Crippen molar-refractivity contribution in [3.05, 3.63) is 54.7 Å². The average Bonchev–Trinajstić information content (AvgIpc) is 3.55. The fourth-order valence-corrected chi connectivity index (χ4v) is 3.63. The number of likely N-dealkylation sites (N-methyl/N-ethyl adjacent to an activating group) is 1. The largest absolute Gasteiger partial charge is 0.345 e. The first-order valence-corrected chi connectivity index (χ1v) is 10.4. The third-order valence-corrected chi connectivity index (χ3v) is 5.40. The molecule has 0 aliphatic carbocycles. The van der Waals surface area contributed by atoms with E-state index in [2.05, 4.69) is 35.7 Å². The van der Waals surface area contributed by atoms with E-state index in [-0.39, 0.29) is 11.8 Å². The topological polar surface area (TPSA) is 120 Å². The number of carbonyl (C=O) groups is 1. The highest BCUT2D eigenvalue weighted by atomic mass is 16.2. The Balaban J connectivity index is 1.38.